The highest BCUT2D eigenvalue weighted by molar-refractivity contribution is 5.81. The molecule has 0 atom stereocenters. The summed E-state index contributed by atoms with van der Waals surface area (Å²) in [5, 5.41) is 2.69. The molecule has 0 aromatic heterocycles. The summed E-state index contributed by atoms with van der Waals surface area (Å²) in [5.74, 6) is -33.3. The number of amides is 2. The van der Waals surface area contributed by atoms with E-state index in [2.05, 4.69) is 14.8 Å². The van der Waals surface area contributed by atoms with Crippen LogP contribution in [0.15, 0.2) is 30.3 Å². The van der Waals surface area contributed by atoms with E-state index < -0.39 is 151 Å². The van der Waals surface area contributed by atoms with Crippen LogP contribution in [0.5, 0.6) is 11.5 Å². The van der Waals surface area contributed by atoms with Gasteiger partial charge >= 0.3 is 17.9 Å². The number of nitrogens with zero attached hydrogens (tertiary/aromatic N) is 1. The van der Waals surface area contributed by atoms with E-state index in [1.165, 1.54) is 4.90 Å². The predicted octanol–water partition coefficient (Wildman–Crippen LogP) is 6.01. The quantitative estimate of drug-likeness (QED) is 0.0200. The highest BCUT2D eigenvalue weighted by Crippen LogP contribution is 2.31. The largest absolute Gasteiger partial charge is 0.461 e. The predicted molar refractivity (Wildman–Crippen MR) is 206 cm³/mol. The third kappa shape index (κ3) is 15.2. The molecule has 1 aliphatic heterocycles. The molecule has 24 heteroatoms. The lowest BCUT2D eigenvalue weighted by Gasteiger charge is -2.37. The maximum atomic E-state index is 14.1. The van der Waals surface area contributed by atoms with Crippen molar-refractivity contribution in [2.75, 3.05) is 52.7 Å². The highest BCUT2D eigenvalue weighted by Gasteiger charge is 2.38. The molecule has 0 bridgehead atoms. The Balaban J connectivity index is 1.40. The highest BCUT2D eigenvalue weighted by atomic mass is 19.2. The van der Waals surface area contributed by atoms with Crippen molar-refractivity contribution in [2.24, 2.45) is 5.92 Å². The van der Waals surface area contributed by atoms with Gasteiger partial charge in [-0.05, 0) is 24.8 Å². The minimum atomic E-state index is -2.50. The Kier molecular flexibility index (Phi) is 20.5. The topological polar surface area (TPSA) is 173 Å². The first kappa shape index (κ1) is 53.5. The van der Waals surface area contributed by atoms with Gasteiger partial charge in [-0.15, -0.1) is 0 Å². The zero-order valence-electron chi connectivity index (χ0n) is 35.2. The molecule has 0 aliphatic carbocycles. The Morgan fingerprint density at radius 2 is 1.04 bits per heavy atom. The molecule has 2 amide bonds. The molecule has 0 unspecified atom stereocenters. The maximum Gasteiger partial charge on any atom is 0.313 e. The normalized spacial score (nSPS) is 13.0. The number of hydrogen-bond acceptors (Lipinski definition) is 12. The zero-order chi connectivity index (χ0) is 49.3. The van der Waals surface area contributed by atoms with Gasteiger partial charge in [-0.2, -0.15) is 17.6 Å². The number of aldehydes is 1. The number of esters is 3. The van der Waals surface area contributed by atoms with E-state index in [0.717, 1.165) is 5.56 Å². The summed E-state index contributed by atoms with van der Waals surface area (Å²) in [6, 6.07) is 8.96. The number of halogens is 10. The molecule has 1 aliphatic rings. The first-order chi connectivity index (χ1) is 31.9. The second-order valence-electron chi connectivity index (χ2n) is 14.8. The molecule has 67 heavy (non-hydrogen) atoms. The molecule has 14 nitrogen and oxygen atoms in total. The van der Waals surface area contributed by atoms with Crippen LogP contribution in [0.1, 0.15) is 56.9 Å². The maximum absolute atomic E-state index is 14.1. The number of carbonyl (C=O) groups excluding carboxylic acids is 6. The van der Waals surface area contributed by atoms with Gasteiger partial charge in [0.2, 0.25) is 81.5 Å². The fourth-order valence-corrected chi connectivity index (χ4v) is 6.26. The number of carbonyl (C=O) groups is 6. The summed E-state index contributed by atoms with van der Waals surface area (Å²) in [6.45, 7) is -3.24. The molecule has 1 heterocycles. The van der Waals surface area contributed by atoms with Crippen molar-refractivity contribution in [1.29, 1.82) is 0 Å². The molecule has 1 saturated heterocycles. The summed E-state index contributed by atoms with van der Waals surface area (Å²) in [4.78, 5) is 76.2. The molecule has 366 valence electrons. The van der Waals surface area contributed by atoms with Gasteiger partial charge in [0.1, 0.15) is 18.4 Å². The van der Waals surface area contributed by atoms with Crippen molar-refractivity contribution >= 4 is 36.0 Å². The van der Waals surface area contributed by atoms with Crippen molar-refractivity contribution in [3.8, 4) is 11.5 Å². The van der Waals surface area contributed by atoms with Crippen LogP contribution < -0.4 is 14.8 Å². The van der Waals surface area contributed by atoms with E-state index in [1.54, 1.807) is 24.3 Å². The van der Waals surface area contributed by atoms with Crippen LogP contribution in [0.2, 0.25) is 0 Å². The summed E-state index contributed by atoms with van der Waals surface area (Å²) in [6.07, 6.45) is -1.01. The Bertz CT molecular complexity index is 2100. The Morgan fingerprint density at radius 1 is 0.597 bits per heavy atom. The Hall–Kier alpha value is -6.14. The molecule has 0 saturated carbocycles. The summed E-state index contributed by atoms with van der Waals surface area (Å²) < 4.78 is 168. The van der Waals surface area contributed by atoms with Gasteiger partial charge in [0, 0.05) is 38.3 Å². The molecular weight excluding hydrogens is 926 g/mol. The first-order valence-electron chi connectivity index (χ1n) is 20.3. The van der Waals surface area contributed by atoms with Gasteiger partial charge in [0.25, 0.3) is 0 Å². The SMILES string of the molecule is O=CCCOCC(COCCC(=O)Oc1c(F)c(F)c(F)c(F)c1F)(COCCC(=O)Oc1c(F)c(F)c(F)c(F)c1F)NC(=O)C1CCN(C(=O)CCCC(=O)OCc2ccccc2)CC1. The summed E-state index contributed by atoms with van der Waals surface area (Å²) in [5.41, 5.74) is -1.03. The van der Waals surface area contributed by atoms with Gasteiger partial charge in [-0.3, -0.25) is 24.0 Å². The van der Waals surface area contributed by atoms with E-state index >= 15 is 0 Å². The van der Waals surface area contributed by atoms with Gasteiger partial charge in [-0.25, -0.2) is 26.3 Å². The van der Waals surface area contributed by atoms with Crippen LogP contribution in [-0.2, 0) is 54.3 Å². The summed E-state index contributed by atoms with van der Waals surface area (Å²) >= 11 is 0. The van der Waals surface area contributed by atoms with Gasteiger partial charge < -0.3 is 43.4 Å². The number of nitrogens with one attached hydrogen (secondary N) is 1. The van der Waals surface area contributed by atoms with Gasteiger partial charge in [-0.1, -0.05) is 30.3 Å². The molecule has 4 rings (SSSR count). The second kappa shape index (κ2) is 25.7. The minimum Gasteiger partial charge on any atom is -0.461 e. The third-order valence-corrected chi connectivity index (χ3v) is 9.81. The molecule has 0 radical (unpaired) electrons. The van der Waals surface area contributed by atoms with Crippen LogP contribution in [0.25, 0.3) is 0 Å². The third-order valence-electron chi connectivity index (χ3n) is 9.81. The van der Waals surface area contributed by atoms with Crippen molar-refractivity contribution in [1.82, 2.24) is 10.2 Å². The lowest BCUT2D eigenvalue weighted by molar-refractivity contribution is -0.145. The number of benzene rings is 3. The van der Waals surface area contributed by atoms with Gasteiger partial charge in [0.05, 0.1) is 52.5 Å². The van der Waals surface area contributed by atoms with E-state index in [-0.39, 0.29) is 70.7 Å². The molecule has 3 aromatic rings. The van der Waals surface area contributed by atoms with Crippen molar-refractivity contribution < 1.29 is 101 Å². The van der Waals surface area contributed by atoms with E-state index in [9.17, 15) is 72.7 Å². The van der Waals surface area contributed by atoms with E-state index in [0.29, 0.717) is 6.29 Å². The standard InChI is InChI=1S/C43H42F10N2O12/c44-30-32(46)36(50)40(37(51)33(30)47)66-28(59)12-18-63-22-43(21-62-17-5-16-56,23-64-19-13-29(60)67-41-38(52)34(48)31(45)35(49)39(41)53)54-42(61)25-10-14-55(15-11-25)26(57)8-4-9-27(58)65-20-24-6-2-1-3-7-24/h1-3,6-7,16,25H,4-5,8-15,17-23H2,(H,54,61). The molecule has 3 aromatic carbocycles. The molecule has 1 fully saturated rings. The molecular formula is C43H42F10N2O12. The Morgan fingerprint density at radius 3 is 1.51 bits per heavy atom. The minimum absolute atomic E-state index is 0.0113. The fraction of sp³-hybridized carbons (Fsp3) is 0.442. The lowest BCUT2D eigenvalue weighted by Crippen LogP contribution is -2.60. The number of piperidine rings is 1. The smallest absolute Gasteiger partial charge is 0.313 e. The van der Waals surface area contributed by atoms with Crippen LogP contribution >= 0.6 is 0 Å². The van der Waals surface area contributed by atoms with Crippen molar-refractivity contribution in [3.05, 3.63) is 94.1 Å². The number of likely N-dealkylation sites (tertiary alicyclic amines) is 1. The van der Waals surface area contributed by atoms with Crippen LogP contribution in [0.3, 0.4) is 0 Å². The van der Waals surface area contributed by atoms with E-state index in [4.69, 9.17) is 18.9 Å². The molecule has 1 N–H and O–H groups in total. The fourth-order valence-electron chi connectivity index (χ4n) is 6.26. The monoisotopic (exact) mass is 968 g/mol. The van der Waals surface area contributed by atoms with Crippen LogP contribution in [0, 0.1) is 64.1 Å². The van der Waals surface area contributed by atoms with Crippen LogP contribution in [-0.4, -0.2) is 99.2 Å². The average molecular weight is 969 g/mol. The average Bonchev–Trinajstić information content (AvgIpc) is 3.33. The van der Waals surface area contributed by atoms with Crippen molar-refractivity contribution in [2.45, 2.75) is 63.5 Å². The lowest BCUT2D eigenvalue weighted by atomic mass is 9.93. The van der Waals surface area contributed by atoms with E-state index in [1.807, 2.05) is 6.07 Å². The number of rotatable bonds is 25. The van der Waals surface area contributed by atoms with Crippen molar-refractivity contribution in [3.63, 3.8) is 0 Å². The first-order valence-corrected chi connectivity index (χ1v) is 20.3. The number of ether oxygens (including phenoxy) is 6. The summed E-state index contributed by atoms with van der Waals surface area (Å²) in [7, 11) is 0. The van der Waals surface area contributed by atoms with Crippen LogP contribution in [0.4, 0.5) is 43.9 Å². The Labute approximate surface area is 374 Å². The second-order valence-corrected chi connectivity index (χ2v) is 14.8. The van der Waals surface area contributed by atoms with Gasteiger partial charge in [0.15, 0.2) is 0 Å². The number of hydrogen-bond donors (Lipinski definition) is 1. The zero-order valence-corrected chi connectivity index (χ0v) is 35.2. The molecule has 0 spiro atoms.